The number of nitrogens with one attached hydrogen (secondary N) is 3. The van der Waals surface area contributed by atoms with Crippen LogP contribution in [0.2, 0.25) is 10.0 Å². The van der Waals surface area contributed by atoms with E-state index in [2.05, 4.69) is 16.0 Å². The van der Waals surface area contributed by atoms with Crippen molar-refractivity contribution in [2.75, 3.05) is 17.6 Å². The summed E-state index contributed by atoms with van der Waals surface area (Å²) in [5.41, 5.74) is 6.38. The number of anilines is 2. The Morgan fingerprint density at radius 3 is 2.38 bits per heavy atom. The fourth-order valence-electron chi connectivity index (χ4n) is 2.65. The van der Waals surface area contributed by atoms with Crippen LogP contribution in [-0.4, -0.2) is 24.5 Å². The smallest absolute Gasteiger partial charge is 0.315 e. The Balaban J connectivity index is 1.70. The van der Waals surface area contributed by atoms with Gasteiger partial charge >= 0.3 is 6.03 Å². The lowest BCUT2D eigenvalue weighted by molar-refractivity contribution is -0.116. The lowest BCUT2D eigenvalue weighted by Gasteiger charge is -2.22. The average Bonchev–Trinajstić information content (AvgIpc) is 2.53. The summed E-state index contributed by atoms with van der Waals surface area (Å²) in [6.45, 7) is 0.251. The number of hydrogen-bond donors (Lipinski definition) is 4. The van der Waals surface area contributed by atoms with Crippen LogP contribution in [0.1, 0.15) is 38.5 Å². The number of rotatable bonds is 5. The monoisotopic (exact) mass is 372 g/mol. The maximum absolute atomic E-state index is 11.9. The number of carbonyl (C=O) groups is 2. The SMILES string of the molecule is Nc1c(Cl)cc(NC(=O)CCNC(=O)NC2CCCCC2)cc1Cl. The quantitative estimate of drug-likeness (QED) is 0.595. The standard InChI is InChI=1S/C16H22Cl2N4O2/c17-12-8-11(9-13(18)15(12)19)21-14(23)6-7-20-16(24)22-10-4-2-1-3-5-10/h8-10H,1-7,19H2,(H,21,23)(H2,20,22,24). The highest BCUT2D eigenvalue weighted by molar-refractivity contribution is 6.39. The molecule has 0 saturated heterocycles. The molecule has 0 aromatic heterocycles. The summed E-state index contributed by atoms with van der Waals surface area (Å²) < 4.78 is 0. The van der Waals surface area contributed by atoms with Gasteiger partial charge in [0, 0.05) is 24.7 Å². The summed E-state index contributed by atoms with van der Waals surface area (Å²) in [6.07, 6.45) is 5.73. The molecule has 1 saturated carbocycles. The minimum Gasteiger partial charge on any atom is -0.396 e. The van der Waals surface area contributed by atoms with E-state index in [-0.39, 0.29) is 46.7 Å². The summed E-state index contributed by atoms with van der Waals surface area (Å²) in [7, 11) is 0. The third kappa shape index (κ3) is 5.76. The molecule has 24 heavy (non-hydrogen) atoms. The van der Waals surface area contributed by atoms with Gasteiger partial charge in [-0.1, -0.05) is 42.5 Å². The molecule has 0 unspecified atom stereocenters. The first-order valence-corrected chi connectivity index (χ1v) is 8.80. The van der Waals surface area contributed by atoms with Gasteiger partial charge in [-0.3, -0.25) is 4.79 Å². The molecule has 5 N–H and O–H groups in total. The minimum atomic E-state index is -0.245. The molecule has 0 aliphatic heterocycles. The van der Waals surface area contributed by atoms with E-state index >= 15 is 0 Å². The Kier molecular flexibility index (Phi) is 6.99. The van der Waals surface area contributed by atoms with E-state index < -0.39 is 0 Å². The fraction of sp³-hybridized carbons (Fsp3) is 0.500. The molecule has 3 amide bonds. The Morgan fingerprint density at radius 1 is 1.12 bits per heavy atom. The Morgan fingerprint density at radius 2 is 1.75 bits per heavy atom. The van der Waals surface area contributed by atoms with Crippen molar-refractivity contribution in [1.82, 2.24) is 10.6 Å². The molecule has 132 valence electrons. The number of urea groups is 1. The molecular weight excluding hydrogens is 351 g/mol. The fourth-order valence-corrected chi connectivity index (χ4v) is 3.14. The van der Waals surface area contributed by atoms with Crippen LogP contribution in [0.5, 0.6) is 0 Å². The summed E-state index contributed by atoms with van der Waals surface area (Å²) in [6, 6.07) is 3.08. The van der Waals surface area contributed by atoms with Crippen LogP contribution in [0, 0.1) is 0 Å². The van der Waals surface area contributed by atoms with Crippen LogP contribution < -0.4 is 21.7 Å². The van der Waals surface area contributed by atoms with E-state index in [1.54, 1.807) is 0 Å². The highest BCUT2D eigenvalue weighted by Gasteiger charge is 2.15. The van der Waals surface area contributed by atoms with Gasteiger partial charge in [-0.25, -0.2) is 4.79 Å². The Hall–Kier alpha value is -1.66. The molecule has 1 aliphatic carbocycles. The number of amides is 3. The van der Waals surface area contributed by atoms with Crippen LogP contribution in [0.3, 0.4) is 0 Å². The van der Waals surface area contributed by atoms with E-state index in [1.807, 2.05) is 0 Å². The second-order valence-electron chi connectivity index (χ2n) is 5.89. The molecule has 0 bridgehead atoms. The van der Waals surface area contributed by atoms with Gasteiger partial charge in [-0.2, -0.15) is 0 Å². The van der Waals surface area contributed by atoms with Crippen molar-refractivity contribution in [3.63, 3.8) is 0 Å². The van der Waals surface area contributed by atoms with E-state index in [1.165, 1.54) is 18.6 Å². The van der Waals surface area contributed by atoms with Gasteiger partial charge in [0.2, 0.25) is 5.91 Å². The molecule has 1 aromatic rings. The van der Waals surface area contributed by atoms with Crippen molar-refractivity contribution < 1.29 is 9.59 Å². The highest BCUT2D eigenvalue weighted by atomic mass is 35.5. The van der Waals surface area contributed by atoms with Gasteiger partial charge in [-0.05, 0) is 25.0 Å². The number of hydrogen-bond acceptors (Lipinski definition) is 3. The molecule has 8 heteroatoms. The lowest BCUT2D eigenvalue weighted by atomic mass is 9.96. The molecule has 0 spiro atoms. The molecule has 6 nitrogen and oxygen atoms in total. The van der Waals surface area contributed by atoms with Crippen molar-refractivity contribution in [1.29, 1.82) is 0 Å². The summed E-state index contributed by atoms with van der Waals surface area (Å²) >= 11 is 11.8. The van der Waals surface area contributed by atoms with Gasteiger partial charge < -0.3 is 21.7 Å². The average molecular weight is 373 g/mol. The van der Waals surface area contributed by atoms with E-state index in [9.17, 15) is 9.59 Å². The maximum Gasteiger partial charge on any atom is 0.315 e. The summed E-state index contributed by atoms with van der Waals surface area (Å²) in [4.78, 5) is 23.7. The Bertz CT molecular complexity index is 581. The molecule has 0 atom stereocenters. The van der Waals surface area contributed by atoms with Crippen molar-refractivity contribution >= 4 is 46.5 Å². The largest absolute Gasteiger partial charge is 0.396 e. The predicted molar refractivity (Wildman–Crippen MR) is 97.5 cm³/mol. The van der Waals surface area contributed by atoms with Crippen LogP contribution >= 0.6 is 23.2 Å². The molecular formula is C16H22Cl2N4O2. The second kappa shape index (κ2) is 8.99. The molecule has 1 fully saturated rings. The first kappa shape index (κ1) is 18.7. The van der Waals surface area contributed by atoms with Crippen LogP contribution in [0.4, 0.5) is 16.2 Å². The molecule has 1 aliphatic rings. The van der Waals surface area contributed by atoms with Crippen molar-refractivity contribution in [3.8, 4) is 0 Å². The molecule has 0 heterocycles. The number of nitrogens with two attached hydrogens (primary N) is 1. The van der Waals surface area contributed by atoms with Gasteiger partial charge in [0.15, 0.2) is 0 Å². The first-order chi connectivity index (χ1) is 11.5. The van der Waals surface area contributed by atoms with E-state index in [4.69, 9.17) is 28.9 Å². The molecule has 0 radical (unpaired) electrons. The predicted octanol–water partition coefficient (Wildman–Crippen LogP) is 3.54. The third-order valence-electron chi connectivity index (χ3n) is 3.94. The molecule has 2 rings (SSSR count). The van der Waals surface area contributed by atoms with Crippen LogP contribution in [-0.2, 0) is 4.79 Å². The van der Waals surface area contributed by atoms with Crippen molar-refractivity contribution in [2.45, 2.75) is 44.6 Å². The highest BCUT2D eigenvalue weighted by Crippen LogP contribution is 2.31. The van der Waals surface area contributed by atoms with Crippen molar-refractivity contribution in [2.24, 2.45) is 0 Å². The zero-order valence-corrected chi connectivity index (χ0v) is 14.8. The third-order valence-corrected chi connectivity index (χ3v) is 4.57. The second-order valence-corrected chi connectivity index (χ2v) is 6.70. The molecule has 1 aromatic carbocycles. The van der Waals surface area contributed by atoms with E-state index in [0.29, 0.717) is 5.69 Å². The van der Waals surface area contributed by atoms with Crippen LogP contribution in [0.15, 0.2) is 12.1 Å². The maximum atomic E-state index is 11.9. The lowest BCUT2D eigenvalue weighted by Crippen LogP contribution is -2.43. The minimum absolute atomic E-state index is 0.150. The van der Waals surface area contributed by atoms with Gasteiger partial charge in [-0.15, -0.1) is 0 Å². The van der Waals surface area contributed by atoms with Gasteiger partial charge in [0.05, 0.1) is 15.7 Å². The topological polar surface area (TPSA) is 96.2 Å². The van der Waals surface area contributed by atoms with Gasteiger partial charge in [0.25, 0.3) is 0 Å². The van der Waals surface area contributed by atoms with Crippen LogP contribution in [0.25, 0.3) is 0 Å². The summed E-state index contributed by atoms with van der Waals surface area (Å²) in [5, 5.41) is 8.86. The number of benzene rings is 1. The zero-order chi connectivity index (χ0) is 17.5. The number of carbonyl (C=O) groups excluding carboxylic acids is 2. The Labute approximate surface area is 151 Å². The zero-order valence-electron chi connectivity index (χ0n) is 13.3. The summed E-state index contributed by atoms with van der Waals surface area (Å²) in [5.74, 6) is -0.245. The van der Waals surface area contributed by atoms with E-state index in [0.717, 1.165) is 25.7 Å². The first-order valence-electron chi connectivity index (χ1n) is 8.04. The number of nitrogen functional groups attached to an aromatic ring is 1. The normalized spacial score (nSPS) is 14.9. The van der Waals surface area contributed by atoms with Crippen molar-refractivity contribution in [3.05, 3.63) is 22.2 Å². The van der Waals surface area contributed by atoms with Gasteiger partial charge in [0.1, 0.15) is 0 Å². The number of halogens is 2.